The molecule has 4 rings (SSSR count). The number of benzene rings is 1. The number of fused-ring (bicyclic) bond motifs is 3. The molecule has 27 heavy (non-hydrogen) atoms. The van der Waals surface area contributed by atoms with Gasteiger partial charge in [-0.2, -0.15) is 0 Å². The number of anilines is 1. The van der Waals surface area contributed by atoms with Crippen LogP contribution in [-0.4, -0.2) is 72.0 Å². The molecule has 2 saturated heterocycles. The first kappa shape index (κ1) is 18.0. The van der Waals surface area contributed by atoms with E-state index >= 15 is 0 Å². The van der Waals surface area contributed by atoms with Gasteiger partial charge in [-0.1, -0.05) is 0 Å². The van der Waals surface area contributed by atoms with Crippen molar-refractivity contribution in [2.75, 3.05) is 44.2 Å². The lowest BCUT2D eigenvalue weighted by Gasteiger charge is -2.49. The van der Waals surface area contributed by atoms with Crippen LogP contribution in [0.2, 0.25) is 0 Å². The number of piperidine rings is 1. The summed E-state index contributed by atoms with van der Waals surface area (Å²) in [5.41, 5.74) is 1.98. The first-order valence-corrected chi connectivity index (χ1v) is 9.62. The molecule has 0 saturated carbocycles. The molecule has 0 bridgehead atoms. The number of nitro groups is 1. The second-order valence-electron chi connectivity index (χ2n) is 7.76. The number of nitro benzene ring substituents is 1. The molecule has 1 aromatic carbocycles. The number of hydrogen-bond donors (Lipinski definition) is 0. The number of piperazine rings is 1. The molecule has 8 heteroatoms. The second kappa shape index (κ2) is 6.99. The Bertz CT molecular complexity index is 760. The van der Waals surface area contributed by atoms with E-state index in [-0.39, 0.29) is 22.6 Å². The molecule has 1 aromatic rings. The van der Waals surface area contributed by atoms with Crippen LogP contribution in [0.25, 0.3) is 0 Å². The lowest BCUT2D eigenvalue weighted by molar-refractivity contribution is -0.385. The summed E-state index contributed by atoms with van der Waals surface area (Å²) in [6.45, 7) is 8.59. The summed E-state index contributed by atoms with van der Waals surface area (Å²) in [4.78, 5) is 29.1. The van der Waals surface area contributed by atoms with E-state index in [0.29, 0.717) is 18.4 Å². The van der Waals surface area contributed by atoms with Crippen LogP contribution in [-0.2, 0) is 4.79 Å². The van der Waals surface area contributed by atoms with Crippen LogP contribution in [0.15, 0.2) is 12.1 Å². The van der Waals surface area contributed by atoms with E-state index in [2.05, 4.69) is 9.80 Å². The van der Waals surface area contributed by atoms with Gasteiger partial charge in [-0.25, -0.2) is 0 Å². The molecule has 3 aliphatic rings. The molecule has 1 amide bonds. The topological polar surface area (TPSA) is 79.2 Å². The van der Waals surface area contributed by atoms with Crippen LogP contribution >= 0.6 is 0 Å². The number of ether oxygens (including phenoxy) is 1. The van der Waals surface area contributed by atoms with Crippen LogP contribution in [0.1, 0.15) is 25.3 Å². The Morgan fingerprint density at radius 2 is 1.93 bits per heavy atom. The SMILES string of the molecule is CC(=O)N1CCC(N2CCN3c4c(C)cc([N+](=O)[O-])cc4OC[C@H]3C2)CC1. The van der Waals surface area contributed by atoms with Crippen LogP contribution in [0, 0.1) is 17.0 Å². The van der Waals surface area contributed by atoms with E-state index < -0.39 is 0 Å². The van der Waals surface area contributed by atoms with E-state index in [1.807, 2.05) is 11.8 Å². The van der Waals surface area contributed by atoms with Crippen molar-refractivity contribution in [3.05, 3.63) is 27.8 Å². The highest BCUT2D eigenvalue weighted by Gasteiger charge is 2.37. The monoisotopic (exact) mass is 374 g/mol. The Balaban J connectivity index is 1.46. The van der Waals surface area contributed by atoms with Gasteiger partial charge in [0, 0.05) is 51.8 Å². The van der Waals surface area contributed by atoms with Gasteiger partial charge < -0.3 is 14.5 Å². The second-order valence-corrected chi connectivity index (χ2v) is 7.76. The van der Waals surface area contributed by atoms with Crippen molar-refractivity contribution in [1.29, 1.82) is 0 Å². The third kappa shape index (κ3) is 3.34. The van der Waals surface area contributed by atoms with Gasteiger partial charge in [-0.15, -0.1) is 0 Å². The van der Waals surface area contributed by atoms with E-state index in [1.54, 1.807) is 19.1 Å². The van der Waals surface area contributed by atoms with E-state index in [9.17, 15) is 14.9 Å². The molecule has 0 aliphatic carbocycles. The van der Waals surface area contributed by atoms with Crippen LogP contribution < -0.4 is 9.64 Å². The molecular weight excluding hydrogens is 348 g/mol. The zero-order valence-corrected chi connectivity index (χ0v) is 15.9. The average Bonchev–Trinajstić information content (AvgIpc) is 2.67. The van der Waals surface area contributed by atoms with Crippen molar-refractivity contribution in [2.24, 2.45) is 0 Å². The molecule has 0 N–H and O–H groups in total. The minimum atomic E-state index is -0.367. The number of non-ortho nitro benzene ring substituents is 1. The zero-order valence-electron chi connectivity index (χ0n) is 15.9. The number of aryl methyl sites for hydroxylation is 1. The number of carbonyl (C=O) groups is 1. The maximum absolute atomic E-state index is 11.5. The van der Waals surface area contributed by atoms with Gasteiger partial charge in [-0.3, -0.25) is 19.8 Å². The molecule has 1 atom stereocenters. The number of hydrogen-bond acceptors (Lipinski definition) is 6. The van der Waals surface area contributed by atoms with Crippen molar-refractivity contribution in [3.8, 4) is 5.75 Å². The summed E-state index contributed by atoms with van der Waals surface area (Å²) in [6.07, 6.45) is 2.05. The minimum absolute atomic E-state index is 0.0839. The van der Waals surface area contributed by atoms with Crippen LogP contribution in [0.3, 0.4) is 0 Å². The highest BCUT2D eigenvalue weighted by molar-refractivity contribution is 5.73. The Labute approximate surface area is 158 Å². The Kier molecular flexibility index (Phi) is 4.67. The third-order valence-corrected chi connectivity index (χ3v) is 6.12. The molecule has 0 radical (unpaired) electrons. The number of likely N-dealkylation sites (tertiary alicyclic amines) is 1. The third-order valence-electron chi connectivity index (χ3n) is 6.12. The molecule has 0 spiro atoms. The van der Waals surface area contributed by atoms with Crippen molar-refractivity contribution >= 4 is 17.3 Å². The van der Waals surface area contributed by atoms with Gasteiger partial charge in [0.05, 0.1) is 22.7 Å². The lowest BCUT2D eigenvalue weighted by atomic mass is 9.99. The van der Waals surface area contributed by atoms with Crippen molar-refractivity contribution in [1.82, 2.24) is 9.80 Å². The fourth-order valence-electron chi connectivity index (χ4n) is 4.69. The predicted molar refractivity (Wildman–Crippen MR) is 101 cm³/mol. The van der Waals surface area contributed by atoms with Gasteiger partial charge in [0.25, 0.3) is 5.69 Å². The quantitative estimate of drug-likeness (QED) is 0.580. The van der Waals surface area contributed by atoms with Gasteiger partial charge >= 0.3 is 0 Å². The summed E-state index contributed by atoms with van der Waals surface area (Å²) < 4.78 is 5.92. The molecular formula is C19H26N4O4. The van der Waals surface area contributed by atoms with Crippen molar-refractivity contribution in [3.63, 3.8) is 0 Å². The normalized spacial score (nSPS) is 23.4. The molecule has 2 fully saturated rings. The van der Waals surface area contributed by atoms with Gasteiger partial charge in [0.1, 0.15) is 12.4 Å². The smallest absolute Gasteiger partial charge is 0.273 e. The Morgan fingerprint density at radius 1 is 1.19 bits per heavy atom. The van der Waals surface area contributed by atoms with Crippen LogP contribution in [0.5, 0.6) is 5.75 Å². The van der Waals surface area contributed by atoms with Crippen molar-refractivity contribution < 1.29 is 14.5 Å². The number of amides is 1. The van der Waals surface area contributed by atoms with Gasteiger partial charge in [0.15, 0.2) is 0 Å². The highest BCUT2D eigenvalue weighted by Crippen LogP contribution is 2.41. The molecule has 0 aromatic heterocycles. The standard InChI is InChI=1S/C19H26N4O4/c1-13-9-16(23(25)26)10-18-19(13)22-8-7-21(11-17(22)12-27-18)15-3-5-20(6-4-15)14(2)24/h9-10,15,17H,3-8,11-12H2,1-2H3/t17-/m1/s1. The van der Waals surface area contributed by atoms with Gasteiger partial charge in [0.2, 0.25) is 5.91 Å². The Hall–Kier alpha value is -2.35. The maximum atomic E-state index is 11.5. The largest absolute Gasteiger partial charge is 0.489 e. The predicted octanol–water partition coefficient (Wildman–Crippen LogP) is 1.80. The maximum Gasteiger partial charge on any atom is 0.273 e. The average molecular weight is 374 g/mol. The summed E-state index contributed by atoms with van der Waals surface area (Å²) in [7, 11) is 0. The Morgan fingerprint density at radius 3 is 2.59 bits per heavy atom. The fourth-order valence-corrected chi connectivity index (χ4v) is 4.69. The van der Waals surface area contributed by atoms with Gasteiger partial charge in [-0.05, 0) is 25.3 Å². The highest BCUT2D eigenvalue weighted by atomic mass is 16.6. The minimum Gasteiger partial charge on any atom is -0.489 e. The van der Waals surface area contributed by atoms with E-state index in [1.165, 1.54) is 0 Å². The number of nitrogens with zero attached hydrogens (tertiary/aromatic N) is 4. The molecule has 0 unspecified atom stereocenters. The van der Waals surface area contributed by atoms with Crippen LogP contribution in [0.4, 0.5) is 11.4 Å². The first-order valence-electron chi connectivity index (χ1n) is 9.62. The molecule has 3 aliphatic heterocycles. The summed E-state index contributed by atoms with van der Waals surface area (Å²) in [5, 5.41) is 11.1. The number of carbonyl (C=O) groups excluding carboxylic acids is 1. The summed E-state index contributed by atoms with van der Waals surface area (Å²) in [5.74, 6) is 0.793. The van der Waals surface area contributed by atoms with E-state index in [0.717, 1.165) is 56.8 Å². The van der Waals surface area contributed by atoms with E-state index in [4.69, 9.17) is 4.74 Å². The summed E-state index contributed by atoms with van der Waals surface area (Å²) >= 11 is 0. The lowest BCUT2D eigenvalue weighted by Crippen LogP contribution is -2.60. The molecule has 146 valence electrons. The number of rotatable bonds is 2. The summed E-state index contributed by atoms with van der Waals surface area (Å²) in [6, 6.07) is 3.95. The van der Waals surface area contributed by atoms with Crippen molar-refractivity contribution in [2.45, 2.75) is 38.8 Å². The first-order chi connectivity index (χ1) is 12.9. The zero-order chi connectivity index (χ0) is 19.1. The fraction of sp³-hybridized carbons (Fsp3) is 0.632. The molecule has 3 heterocycles. The molecule has 8 nitrogen and oxygen atoms in total.